The Bertz CT molecular complexity index is 1010. The lowest BCUT2D eigenvalue weighted by molar-refractivity contribution is 0.757. The van der Waals surface area contributed by atoms with Crippen LogP contribution in [0.2, 0.25) is 0 Å². The van der Waals surface area contributed by atoms with E-state index >= 15 is 0 Å². The monoisotopic (exact) mass is 537 g/mol. The summed E-state index contributed by atoms with van der Waals surface area (Å²) in [6.07, 6.45) is 1.81. The van der Waals surface area contributed by atoms with Crippen LogP contribution in [0, 0.1) is 0 Å². The molecule has 30 heavy (non-hydrogen) atoms. The topological polar surface area (TPSA) is 71.3 Å². The summed E-state index contributed by atoms with van der Waals surface area (Å²) in [6, 6.07) is 13.4. The molecule has 0 saturated heterocycles. The van der Waals surface area contributed by atoms with Crippen LogP contribution >= 0.6 is 35.3 Å². The van der Waals surface area contributed by atoms with Crippen molar-refractivity contribution in [1.29, 1.82) is 0 Å². The SMILES string of the molecule is CN=C(NCc1ccc(Cn2ccccc2=O)cc1)NCc1nc(C(C)C)cs1.I. The number of hydrogen-bond donors (Lipinski definition) is 2. The van der Waals surface area contributed by atoms with Gasteiger partial charge in [-0.3, -0.25) is 9.79 Å². The van der Waals surface area contributed by atoms with Crippen LogP contribution in [0.15, 0.2) is 63.8 Å². The summed E-state index contributed by atoms with van der Waals surface area (Å²) in [5.41, 5.74) is 3.38. The van der Waals surface area contributed by atoms with Crippen molar-refractivity contribution in [3.8, 4) is 0 Å². The molecule has 3 rings (SSSR count). The maximum atomic E-state index is 11.8. The van der Waals surface area contributed by atoms with E-state index in [0.29, 0.717) is 25.6 Å². The summed E-state index contributed by atoms with van der Waals surface area (Å²) < 4.78 is 1.70. The van der Waals surface area contributed by atoms with Crippen molar-refractivity contribution in [3.05, 3.63) is 86.2 Å². The van der Waals surface area contributed by atoms with Gasteiger partial charge in [0.2, 0.25) is 0 Å². The van der Waals surface area contributed by atoms with Crippen molar-refractivity contribution >= 4 is 41.3 Å². The number of pyridine rings is 1. The fourth-order valence-corrected chi connectivity index (χ4v) is 3.68. The van der Waals surface area contributed by atoms with Crippen LogP contribution in [0.25, 0.3) is 0 Å². The van der Waals surface area contributed by atoms with Crippen molar-refractivity contribution in [2.45, 2.75) is 39.4 Å². The van der Waals surface area contributed by atoms with Crippen LogP contribution in [0.4, 0.5) is 0 Å². The van der Waals surface area contributed by atoms with Gasteiger partial charge in [-0.2, -0.15) is 0 Å². The Morgan fingerprint density at radius 3 is 2.43 bits per heavy atom. The van der Waals surface area contributed by atoms with Gasteiger partial charge in [-0.15, -0.1) is 35.3 Å². The van der Waals surface area contributed by atoms with Gasteiger partial charge >= 0.3 is 0 Å². The molecular weight excluding hydrogens is 509 g/mol. The van der Waals surface area contributed by atoms with Gasteiger partial charge in [0.15, 0.2) is 5.96 Å². The maximum absolute atomic E-state index is 11.8. The van der Waals surface area contributed by atoms with Gasteiger partial charge < -0.3 is 15.2 Å². The first-order valence-electron chi connectivity index (χ1n) is 9.67. The third-order valence-corrected chi connectivity index (χ3v) is 5.39. The largest absolute Gasteiger partial charge is 0.352 e. The molecule has 160 valence electrons. The van der Waals surface area contributed by atoms with E-state index < -0.39 is 0 Å². The lowest BCUT2D eigenvalue weighted by atomic mass is 10.1. The molecule has 2 aromatic heterocycles. The highest BCUT2D eigenvalue weighted by Gasteiger charge is 2.06. The van der Waals surface area contributed by atoms with Gasteiger partial charge in [-0.1, -0.05) is 44.2 Å². The van der Waals surface area contributed by atoms with Gasteiger partial charge in [0.05, 0.1) is 18.8 Å². The lowest BCUT2D eigenvalue weighted by Gasteiger charge is -2.11. The predicted molar refractivity (Wildman–Crippen MR) is 135 cm³/mol. The van der Waals surface area contributed by atoms with Crippen LogP contribution in [-0.4, -0.2) is 22.6 Å². The number of thiazole rings is 1. The van der Waals surface area contributed by atoms with Crippen molar-refractivity contribution < 1.29 is 0 Å². The third-order valence-electron chi connectivity index (χ3n) is 4.53. The molecule has 6 nitrogen and oxygen atoms in total. The summed E-state index contributed by atoms with van der Waals surface area (Å²) in [7, 11) is 1.76. The number of hydrogen-bond acceptors (Lipinski definition) is 4. The second-order valence-electron chi connectivity index (χ2n) is 7.08. The normalized spacial score (nSPS) is 11.3. The number of nitrogens with zero attached hydrogens (tertiary/aromatic N) is 3. The number of benzene rings is 1. The van der Waals surface area contributed by atoms with Crippen molar-refractivity contribution in [3.63, 3.8) is 0 Å². The van der Waals surface area contributed by atoms with Crippen molar-refractivity contribution in [2.75, 3.05) is 7.05 Å². The first-order valence-corrected chi connectivity index (χ1v) is 10.5. The zero-order valence-electron chi connectivity index (χ0n) is 17.5. The Morgan fingerprint density at radius 1 is 1.10 bits per heavy atom. The molecule has 3 aromatic rings. The molecule has 0 atom stereocenters. The Balaban J connectivity index is 0.00000320. The molecule has 2 heterocycles. The van der Waals surface area contributed by atoms with Crippen LogP contribution < -0.4 is 16.2 Å². The first-order chi connectivity index (χ1) is 14.0. The van der Waals surface area contributed by atoms with Gasteiger partial charge in [0.25, 0.3) is 5.56 Å². The lowest BCUT2D eigenvalue weighted by Crippen LogP contribution is -2.36. The minimum absolute atomic E-state index is 0. The second kappa shape index (κ2) is 11.8. The van der Waals surface area contributed by atoms with E-state index in [4.69, 9.17) is 0 Å². The van der Waals surface area contributed by atoms with Crippen molar-refractivity contribution in [1.82, 2.24) is 20.2 Å². The highest BCUT2D eigenvalue weighted by atomic mass is 127. The van der Waals surface area contributed by atoms with Gasteiger partial charge in [-0.05, 0) is 23.1 Å². The molecule has 0 aliphatic heterocycles. The smallest absolute Gasteiger partial charge is 0.250 e. The average Bonchev–Trinajstić information content (AvgIpc) is 3.20. The number of aromatic nitrogens is 2. The fraction of sp³-hybridized carbons (Fsp3) is 0.318. The minimum atomic E-state index is 0. The number of halogens is 1. The fourth-order valence-electron chi connectivity index (χ4n) is 2.79. The first kappa shape index (κ1) is 24.1. The molecule has 0 bridgehead atoms. The van der Waals surface area contributed by atoms with E-state index in [1.165, 1.54) is 0 Å². The second-order valence-corrected chi connectivity index (χ2v) is 8.03. The number of aliphatic imine (C=N–C) groups is 1. The quantitative estimate of drug-likeness (QED) is 0.272. The van der Waals surface area contributed by atoms with E-state index in [-0.39, 0.29) is 29.5 Å². The number of rotatable bonds is 7. The zero-order valence-corrected chi connectivity index (χ0v) is 20.6. The van der Waals surface area contributed by atoms with Gasteiger partial charge in [0.1, 0.15) is 5.01 Å². The molecule has 8 heteroatoms. The molecule has 0 aliphatic rings. The van der Waals surface area contributed by atoms with E-state index in [1.807, 2.05) is 6.07 Å². The van der Waals surface area contributed by atoms with E-state index in [0.717, 1.165) is 27.8 Å². The van der Waals surface area contributed by atoms with Crippen LogP contribution in [0.3, 0.4) is 0 Å². The predicted octanol–water partition coefficient (Wildman–Crippen LogP) is 3.96. The summed E-state index contributed by atoms with van der Waals surface area (Å²) >= 11 is 1.67. The molecule has 0 fully saturated rings. The molecule has 2 N–H and O–H groups in total. The summed E-state index contributed by atoms with van der Waals surface area (Å²) in [4.78, 5) is 20.7. The van der Waals surface area contributed by atoms with Crippen LogP contribution in [0.1, 0.15) is 41.6 Å². The summed E-state index contributed by atoms with van der Waals surface area (Å²) in [5.74, 6) is 1.19. The highest BCUT2D eigenvalue weighted by molar-refractivity contribution is 14.0. The Labute approximate surface area is 198 Å². The average molecular weight is 537 g/mol. The molecule has 0 amide bonds. The van der Waals surface area contributed by atoms with Crippen LogP contribution in [-0.2, 0) is 19.6 Å². The minimum Gasteiger partial charge on any atom is -0.352 e. The number of guanidine groups is 1. The molecule has 0 unspecified atom stereocenters. The van der Waals surface area contributed by atoms with Gasteiger partial charge in [-0.25, -0.2) is 4.98 Å². The molecule has 0 spiro atoms. The third kappa shape index (κ3) is 6.94. The highest BCUT2D eigenvalue weighted by Crippen LogP contribution is 2.17. The Kier molecular flexibility index (Phi) is 9.51. The summed E-state index contributed by atoms with van der Waals surface area (Å²) in [5, 5.41) is 9.80. The van der Waals surface area contributed by atoms with E-state index in [2.05, 4.69) is 64.1 Å². The maximum Gasteiger partial charge on any atom is 0.250 e. The molecule has 1 aromatic carbocycles. The molecular formula is C22H28IN5OS. The van der Waals surface area contributed by atoms with E-state index in [1.54, 1.807) is 41.3 Å². The zero-order chi connectivity index (χ0) is 20.6. The molecule has 0 saturated carbocycles. The molecule has 0 radical (unpaired) electrons. The summed E-state index contributed by atoms with van der Waals surface area (Å²) in [6.45, 7) is 6.19. The standard InChI is InChI=1S/C22H27N5OS.HI/c1-16(2)19-15-29-20(26-19)13-25-22(23-3)24-12-17-7-9-18(10-8-17)14-27-11-5-4-6-21(27)28;/h4-11,15-16H,12-14H2,1-3H3,(H2,23,24,25);1H. The Hall–Kier alpha value is -2.20. The van der Waals surface area contributed by atoms with Gasteiger partial charge in [0, 0.05) is 31.2 Å². The van der Waals surface area contributed by atoms with Crippen LogP contribution in [0.5, 0.6) is 0 Å². The molecule has 0 aliphatic carbocycles. The Morgan fingerprint density at radius 2 is 1.80 bits per heavy atom. The van der Waals surface area contributed by atoms with E-state index in [9.17, 15) is 4.79 Å². The number of nitrogens with one attached hydrogen (secondary N) is 2. The van der Waals surface area contributed by atoms with Crippen molar-refractivity contribution in [2.24, 2.45) is 4.99 Å².